The van der Waals surface area contributed by atoms with Gasteiger partial charge < -0.3 is 14.5 Å². The van der Waals surface area contributed by atoms with Crippen molar-refractivity contribution in [1.82, 2.24) is 0 Å². The maximum Gasteiger partial charge on any atom is 0.360 e. The van der Waals surface area contributed by atoms with Gasteiger partial charge in [-0.05, 0) is 47.5 Å². The summed E-state index contributed by atoms with van der Waals surface area (Å²) in [7, 11) is -4.45. The molecule has 0 aliphatic carbocycles. The molecule has 5 heteroatoms. The van der Waals surface area contributed by atoms with E-state index in [9.17, 15) is 14.4 Å². The van der Waals surface area contributed by atoms with Crippen molar-refractivity contribution in [3.05, 3.63) is 48.5 Å². The minimum Gasteiger partial charge on any atom is -0.489 e. The summed E-state index contributed by atoms with van der Waals surface area (Å²) < 4.78 is 17.9. The molecule has 122 valence electrons. The maximum atomic E-state index is 12.0. The molecule has 0 atom stereocenters. The summed E-state index contributed by atoms with van der Waals surface area (Å²) in [5, 5.41) is 5.78. The summed E-state index contributed by atoms with van der Waals surface area (Å²) in [4.78, 5) is 19.6. The van der Waals surface area contributed by atoms with E-state index < -0.39 is 7.60 Å². The van der Waals surface area contributed by atoms with E-state index in [0.29, 0.717) is 0 Å². The minimum atomic E-state index is -4.45. The lowest BCUT2D eigenvalue weighted by Gasteiger charge is -2.20. The predicted octanol–water partition coefficient (Wildman–Crippen LogP) is 4.17. The standard InChI is InChI=1S/C19H17O4P/c1-11(2)23-19-15-9-8-13-5-3-4-12-6-7-14(18(15)17(12)13)10-16(19)24(20,21)22/h3-11H,1-2H3,(H2,20,21,22). The van der Waals surface area contributed by atoms with Crippen molar-refractivity contribution in [2.24, 2.45) is 0 Å². The van der Waals surface area contributed by atoms with Gasteiger partial charge in [-0.3, -0.25) is 4.57 Å². The second-order valence-corrected chi connectivity index (χ2v) is 7.86. The number of rotatable bonds is 3. The Kier molecular flexibility index (Phi) is 3.33. The van der Waals surface area contributed by atoms with Gasteiger partial charge in [-0.15, -0.1) is 0 Å². The second kappa shape index (κ2) is 5.18. The lowest BCUT2D eigenvalue weighted by atomic mass is 9.94. The Labute approximate surface area is 139 Å². The van der Waals surface area contributed by atoms with Crippen molar-refractivity contribution in [2.45, 2.75) is 20.0 Å². The molecule has 0 spiro atoms. The maximum absolute atomic E-state index is 12.0. The highest BCUT2D eigenvalue weighted by atomic mass is 31.2. The van der Waals surface area contributed by atoms with Gasteiger partial charge in [0.25, 0.3) is 0 Å². The third-order valence-electron chi connectivity index (χ3n) is 4.25. The molecule has 24 heavy (non-hydrogen) atoms. The predicted molar refractivity (Wildman–Crippen MR) is 97.6 cm³/mol. The van der Waals surface area contributed by atoms with Crippen molar-refractivity contribution in [3.8, 4) is 5.75 Å². The quantitative estimate of drug-likeness (QED) is 0.434. The molecule has 0 aliphatic heterocycles. The lowest BCUT2D eigenvalue weighted by Crippen LogP contribution is -2.15. The topological polar surface area (TPSA) is 66.8 Å². The van der Waals surface area contributed by atoms with Crippen LogP contribution in [-0.4, -0.2) is 15.9 Å². The average molecular weight is 340 g/mol. The van der Waals surface area contributed by atoms with Gasteiger partial charge in [0.15, 0.2) is 0 Å². The molecule has 4 rings (SSSR count). The molecule has 2 N–H and O–H groups in total. The van der Waals surface area contributed by atoms with E-state index in [-0.39, 0.29) is 17.2 Å². The summed E-state index contributed by atoms with van der Waals surface area (Å²) in [6, 6.07) is 15.4. The van der Waals surface area contributed by atoms with Gasteiger partial charge in [-0.25, -0.2) is 0 Å². The molecule has 0 heterocycles. The summed E-state index contributed by atoms with van der Waals surface area (Å²) in [6.07, 6.45) is -0.186. The van der Waals surface area contributed by atoms with Crippen LogP contribution in [0.1, 0.15) is 13.8 Å². The van der Waals surface area contributed by atoms with Crippen molar-refractivity contribution >= 4 is 45.2 Å². The molecular weight excluding hydrogens is 323 g/mol. The van der Waals surface area contributed by atoms with Crippen LogP contribution in [0, 0.1) is 0 Å². The van der Waals surface area contributed by atoms with Crippen molar-refractivity contribution < 1.29 is 19.1 Å². The first-order valence-electron chi connectivity index (χ1n) is 7.79. The van der Waals surface area contributed by atoms with E-state index in [1.807, 2.05) is 56.3 Å². The summed E-state index contributed by atoms with van der Waals surface area (Å²) in [5.41, 5.74) is 0. The molecule has 0 amide bonds. The molecule has 0 bridgehead atoms. The zero-order valence-corrected chi connectivity index (χ0v) is 14.2. The van der Waals surface area contributed by atoms with Gasteiger partial charge in [-0.1, -0.05) is 36.4 Å². The van der Waals surface area contributed by atoms with E-state index in [0.717, 1.165) is 32.3 Å². The van der Waals surface area contributed by atoms with Gasteiger partial charge in [0.05, 0.1) is 6.10 Å². The molecule has 0 fully saturated rings. The highest BCUT2D eigenvalue weighted by Gasteiger charge is 2.27. The fourth-order valence-electron chi connectivity index (χ4n) is 3.35. The Balaban J connectivity index is 2.24. The number of benzene rings is 4. The van der Waals surface area contributed by atoms with Crippen LogP contribution >= 0.6 is 7.60 Å². The largest absolute Gasteiger partial charge is 0.489 e. The van der Waals surface area contributed by atoms with Crippen LogP contribution in [0.2, 0.25) is 0 Å². The van der Waals surface area contributed by atoms with E-state index in [1.165, 1.54) is 0 Å². The molecule has 0 unspecified atom stereocenters. The zero-order chi connectivity index (χ0) is 17.1. The Morgan fingerprint density at radius 2 is 1.54 bits per heavy atom. The van der Waals surface area contributed by atoms with Crippen molar-refractivity contribution in [2.75, 3.05) is 0 Å². The van der Waals surface area contributed by atoms with Crippen molar-refractivity contribution in [1.29, 1.82) is 0 Å². The molecular formula is C19H17O4P. The van der Waals surface area contributed by atoms with Gasteiger partial charge >= 0.3 is 7.60 Å². The zero-order valence-electron chi connectivity index (χ0n) is 13.4. The van der Waals surface area contributed by atoms with E-state index in [2.05, 4.69) is 0 Å². The molecule has 0 aliphatic rings. The van der Waals surface area contributed by atoms with E-state index >= 15 is 0 Å². The van der Waals surface area contributed by atoms with Gasteiger partial charge in [0.1, 0.15) is 11.1 Å². The third kappa shape index (κ3) is 2.27. The highest BCUT2D eigenvalue weighted by molar-refractivity contribution is 7.60. The molecule has 4 aromatic rings. The van der Waals surface area contributed by atoms with Crippen LogP contribution in [0.5, 0.6) is 5.75 Å². The smallest absolute Gasteiger partial charge is 0.360 e. The molecule has 0 aromatic heterocycles. The first-order valence-corrected chi connectivity index (χ1v) is 9.41. The fourth-order valence-corrected chi connectivity index (χ4v) is 4.09. The first kappa shape index (κ1) is 15.4. The third-order valence-corrected chi connectivity index (χ3v) is 5.21. The minimum absolute atomic E-state index is 0.0536. The summed E-state index contributed by atoms with van der Waals surface area (Å²) in [6.45, 7) is 3.70. The molecule has 4 nitrogen and oxygen atoms in total. The Morgan fingerprint density at radius 3 is 2.17 bits per heavy atom. The van der Waals surface area contributed by atoms with Crippen LogP contribution in [-0.2, 0) is 4.57 Å². The van der Waals surface area contributed by atoms with Gasteiger partial charge in [-0.2, -0.15) is 0 Å². The normalized spacial score (nSPS) is 12.7. The number of hydrogen-bond donors (Lipinski definition) is 2. The van der Waals surface area contributed by atoms with Crippen LogP contribution < -0.4 is 10.0 Å². The summed E-state index contributed by atoms with van der Waals surface area (Å²) >= 11 is 0. The first-order chi connectivity index (χ1) is 11.4. The van der Waals surface area contributed by atoms with E-state index in [4.69, 9.17) is 4.74 Å². The molecule has 4 aromatic carbocycles. The Hall–Kier alpha value is -2.13. The van der Waals surface area contributed by atoms with Crippen molar-refractivity contribution in [3.63, 3.8) is 0 Å². The van der Waals surface area contributed by atoms with E-state index in [1.54, 1.807) is 6.07 Å². The monoisotopic (exact) mass is 340 g/mol. The van der Waals surface area contributed by atoms with Crippen LogP contribution in [0.25, 0.3) is 32.3 Å². The SMILES string of the molecule is CC(C)Oc1c(P(=O)(O)O)cc2ccc3cccc4ccc1c2c34. The van der Waals surface area contributed by atoms with Crippen LogP contribution in [0.15, 0.2) is 48.5 Å². The number of ether oxygens (including phenoxy) is 1. The Morgan fingerprint density at radius 1 is 0.917 bits per heavy atom. The molecule has 0 radical (unpaired) electrons. The molecule has 0 saturated carbocycles. The molecule has 0 saturated heterocycles. The van der Waals surface area contributed by atoms with Gasteiger partial charge in [0, 0.05) is 10.8 Å². The fraction of sp³-hybridized carbons (Fsp3) is 0.158. The van der Waals surface area contributed by atoms with Crippen LogP contribution in [0.3, 0.4) is 0 Å². The number of hydrogen-bond acceptors (Lipinski definition) is 2. The summed E-state index contributed by atoms with van der Waals surface area (Å²) in [5.74, 6) is 0.282. The average Bonchev–Trinajstić information content (AvgIpc) is 2.52. The van der Waals surface area contributed by atoms with Crippen LogP contribution in [0.4, 0.5) is 0 Å². The Bertz CT molecular complexity index is 1090. The highest BCUT2D eigenvalue weighted by Crippen LogP contribution is 2.45. The second-order valence-electron chi connectivity index (χ2n) is 6.29. The lowest BCUT2D eigenvalue weighted by molar-refractivity contribution is 0.246. The van der Waals surface area contributed by atoms with Gasteiger partial charge in [0.2, 0.25) is 0 Å².